The molecule has 1 saturated heterocycles. The number of amides is 1. The molecular weight excluding hydrogens is 306 g/mol. The second kappa shape index (κ2) is 5.95. The first-order valence-corrected chi connectivity index (χ1v) is 8.04. The number of thiophene rings is 1. The van der Waals surface area contributed by atoms with Gasteiger partial charge in [0.05, 0.1) is 16.4 Å². The van der Waals surface area contributed by atoms with Crippen molar-refractivity contribution in [2.45, 2.75) is 0 Å². The number of hydrogen-bond donors (Lipinski definition) is 1. The average molecular weight is 322 g/mol. The standard InChI is InChI=1S/C15H16ClN3OS/c16-11-5-10-21-14(11)15(20)19-8-6-18(7-9-19)13-4-2-1-3-12(13)17/h1-5,10H,6-9,17H2. The highest BCUT2D eigenvalue weighted by atomic mass is 35.5. The Morgan fingerprint density at radius 3 is 2.48 bits per heavy atom. The highest BCUT2D eigenvalue weighted by Gasteiger charge is 2.24. The van der Waals surface area contributed by atoms with Gasteiger partial charge < -0.3 is 15.5 Å². The Morgan fingerprint density at radius 2 is 1.86 bits per heavy atom. The number of hydrogen-bond acceptors (Lipinski definition) is 4. The van der Waals surface area contributed by atoms with Crippen molar-refractivity contribution in [3.05, 3.63) is 45.6 Å². The Balaban J connectivity index is 1.67. The maximum Gasteiger partial charge on any atom is 0.265 e. The normalized spacial score (nSPS) is 15.3. The Kier molecular flexibility index (Phi) is 4.03. The van der Waals surface area contributed by atoms with Crippen LogP contribution in [0.3, 0.4) is 0 Å². The molecule has 0 aliphatic carbocycles. The summed E-state index contributed by atoms with van der Waals surface area (Å²) in [5.41, 5.74) is 7.82. The van der Waals surface area contributed by atoms with E-state index in [9.17, 15) is 4.79 Å². The molecule has 0 saturated carbocycles. The van der Waals surface area contributed by atoms with Crippen molar-refractivity contribution >= 4 is 40.2 Å². The fourth-order valence-corrected chi connectivity index (χ4v) is 3.62. The molecule has 1 amide bonds. The molecule has 0 atom stereocenters. The molecule has 110 valence electrons. The molecule has 0 spiro atoms. The van der Waals surface area contributed by atoms with Gasteiger partial charge in [0.15, 0.2) is 0 Å². The molecule has 4 nitrogen and oxygen atoms in total. The van der Waals surface area contributed by atoms with Crippen molar-refractivity contribution in [1.82, 2.24) is 4.90 Å². The summed E-state index contributed by atoms with van der Waals surface area (Å²) in [6.45, 7) is 2.93. The quantitative estimate of drug-likeness (QED) is 0.865. The molecule has 0 bridgehead atoms. The Bertz CT molecular complexity index is 650. The van der Waals surface area contributed by atoms with Crippen LogP contribution in [0.15, 0.2) is 35.7 Å². The van der Waals surface area contributed by atoms with Gasteiger partial charge in [-0.05, 0) is 23.6 Å². The van der Waals surface area contributed by atoms with Crippen LogP contribution >= 0.6 is 22.9 Å². The highest BCUT2D eigenvalue weighted by Crippen LogP contribution is 2.26. The molecule has 1 fully saturated rings. The lowest BCUT2D eigenvalue weighted by atomic mass is 10.2. The second-order valence-corrected chi connectivity index (χ2v) is 6.26. The molecule has 1 aliphatic heterocycles. The molecule has 1 aromatic heterocycles. The summed E-state index contributed by atoms with van der Waals surface area (Å²) < 4.78 is 0. The van der Waals surface area contributed by atoms with E-state index in [0.29, 0.717) is 23.0 Å². The molecule has 2 N–H and O–H groups in total. The highest BCUT2D eigenvalue weighted by molar-refractivity contribution is 7.12. The van der Waals surface area contributed by atoms with Gasteiger partial charge in [0.25, 0.3) is 5.91 Å². The van der Waals surface area contributed by atoms with Crippen molar-refractivity contribution in [3.63, 3.8) is 0 Å². The first kappa shape index (κ1) is 14.2. The van der Waals surface area contributed by atoms with Gasteiger partial charge in [0.1, 0.15) is 4.88 Å². The van der Waals surface area contributed by atoms with Crippen molar-refractivity contribution in [3.8, 4) is 0 Å². The summed E-state index contributed by atoms with van der Waals surface area (Å²) in [5, 5.41) is 2.39. The van der Waals surface area contributed by atoms with E-state index in [2.05, 4.69) is 4.90 Å². The summed E-state index contributed by atoms with van der Waals surface area (Å²) in [6.07, 6.45) is 0. The number of carbonyl (C=O) groups is 1. The summed E-state index contributed by atoms with van der Waals surface area (Å²) in [6, 6.07) is 9.59. The van der Waals surface area contributed by atoms with Crippen LogP contribution in [0.1, 0.15) is 9.67 Å². The second-order valence-electron chi connectivity index (χ2n) is 4.94. The van der Waals surface area contributed by atoms with E-state index in [1.807, 2.05) is 34.5 Å². The van der Waals surface area contributed by atoms with Crippen LogP contribution < -0.4 is 10.6 Å². The van der Waals surface area contributed by atoms with Crippen molar-refractivity contribution in [2.24, 2.45) is 0 Å². The lowest BCUT2D eigenvalue weighted by Gasteiger charge is -2.36. The minimum absolute atomic E-state index is 0.0238. The predicted molar refractivity (Wildman–Crippen MR) is 88.3 cm³/mol. The van der Waals surface area contributed by atoms with Gasteiger partial charge >= 0.3 is 0 Å². The lowest BCUT2D eigenvalue weighted by molar-refractivity contribution is 0.0752. The van der Waals surface area contributed by atoms with Crippen LogP contribution in [0.4, 0.5) is 11.4 Å². The predicted octanol–water partition coefficient (Wildman–Crippen LogP) is 2.95. The van der Waals surface area contributed by atoms with E-state index in [0.717, 1.165) is 24.5 Å². The molecule has 6 heteroatoms. The van der Waals surface area contributed by atoms with Crippen LogP contribution in [0.25, 0.3) is 0 Å². The van der Waals surface area contributed by atoms with Crippen LogP contribution in [0, 0.1) is 0 Å². The van der Waals surface area contributed by atoms with Crippen molar-refractivity contribution in [2.75, 3.05) is 36.8 Å². The Morgan fingerprint density at radius 1 is 1.14 bits per heavy atom. The summed E-state index contributed by atoms with van der Waals surface area (Å²) >= 11 is 7.43. The number of halogens is 1. The number of benzene rings is 1. The minimum atomic E-state index is 0.0238. The van der Waals surface area contributed by atoms with Gasteiger partial charge in [-0.3, -0.25) is 4.79 Å². The van der Waals surface area contributed by atoms with E-state index >= 15 is 0 Å². The molecular formula is C15H16ClN3OS. The minimum Gasteiger partial charge on any atom is -0.397 e. The SMILES string of the molecule is Nc1ccccc1N1CCN(C(=O)c2sccc2Cl)CC1. The maximum absolute atomic E-state index is 12.4. The van der Waals surface area contributed by atoms with Crippen LogP contribution in [0.2, 0.25) is 5.02 Å². The summed E-state index contributed by atoms with van der Waals surface area (Å²) in [5.74, 6) is 0.0238. The van der Waals surface area contributed by atoms with Gasteiger partial charge in [-0.25, -0.2) is 0 Å². The van der Waals surface area contributed by atoms with E-state index < -0.39 is 0 Å². The maximum atomic E-state index is 12.4. The van der Waals surface area contributed by atoms with Crippen LogP contribution in [0.5, 0.6) is 0 Å². The molecule has 2 heterocycles. The Labute approximate surface area is 132 Å². The van der Waals surface area contributed by atoms with E-state index in [1.165, 1.54) is 11.3 Å². The number of nitrogens with zero attached hydrogens (tertiary/aromatic N) is 2. The van der Waals surface area contributed by atoms with Crippen molar-refractivity contribution in [1.29, 1.82) is 0 Å². The number of rotatable bonds is 2. The smallest absolute Gasteiger partial charge is 0.265 e. The number of nitrogens with two attached hydrogens (primary N) is 1. The van der Waals surface area contributed by atoms with Gasteiger partial charge in [-0.1, -0.05) is 23.7 Å². The molecule has 0 radical (unpaired) electrons. The van der Waals surface area contributed by atoms with E-state index in [-0.39, 0.29) is 5.91 Å². The molecule has 2 aromatic rings. The number of anilines is 2. The summed E-state index contributed by atoms with van der Waals surface area (Å²) in [4.78, 5) is 17.1. The van der Waals surface area contributed by atoms with Crippen molar-refractivity contribution < 1.29 is 4.79 Å². The first-order chi connectivity index (χ1) is 10.2. The third-order valence-corrected chi connectivity index (χ3v) is 4.99. The van der Waals surface area contributed by atoms with E-state index in [1.54, 1.807) is 6.07 Å². The number of carbonyl (C=O) groups excluding carboxylic acids is 1. The zero-order chi connectivity index (χ0) is 14.8. The molecule has 0 unspecified atom stereocenters. The zero-order valence-corrected chi connectivity index (χ0v) is 13.0. The molecule has 21 heavy (non-hydrogen) atoms. The number of nitrogen functional groups attached to an aromatic ring is 1. The van der Waals surface area contributed by atoms with E-state index in [4.69, 9.17) is 17.3 Å². The fourth-order valence-electron chi connectivity index (χ4n) is 2.52. The topological polar surface area (TPSA) is 49.6 Å². The third-order valence-electron chi connectivity index (χ3n) is 3.66. The molecule has 1 aromatic carbocycles. The average Bonchev–Trinajstić information content (AvgIpc) is 2.93. The van der Waals surface area contributed by atoms with Gasteiger partial charge in [-0.15, -0.1) is 11.3 Å². The van der Waals surface area contributed by atoms with Gasteiger partial charge in [-0.2, -0.15) is 0 Å². The van der Waals surface area contributed by atoms with Gasteiger partial charge in [0, 0.05) is 26.2 Å². The largest absolute Gasteiger partial charge is 0.397 e. The number of piperazine rings is 1. The van der Waals surface area contributed by atoms with Crippen LogP contribution in [-0.2, 0) is 0 Å². The van der Waals surface area contributed by atoms with Gasteiger partial charge in [0.2, 0.25) is 0 Å². The monoisotopic (exact) mass is 321 g/mol. The first-order valence-electron chi connectivity index (χ1n) is 6.78. The van der Waals surface area contributed by atoms with Crippen LogP contribution in [-0.4, -0.2) is 37.0 Å². The fraction of sp³-hybridized carbons (Fsp3) is 0.267. The molecule has 1 aliphatic rings. The Hall–Kier alpha value is -1.72. The molecule has 3 rings (SSSR count). The zero-order valence-electron chi connectivity index (χ0n) is 11.5. The summed E-state index contributed by atoms with van der Waals surface area (Å²) in [7, 11) is 0. The number of para-hydroxylation sites is 2. The lowest BCUT2D eigenvalue weighted by Crippen LogP contribution is -2.48. The third kappa shape index (κ3) is 2.84.